The first-order chi connectivity index (χ1) is 12.7. The van der Waals surface area contributed by atoms with E-state index in [-0.39, 0.29) is 5.91 Å². The molecule has 0 saturated heterocycles. The van der Waals surface area contributed by atoms with Gasteiger partial charge in [-0.25, -0.2) is 4.98 Å². The lowest BCUT2D eigenvalue weighted by molar-refractivity contribution is 0.0803. The Balaban J connectivity index is 1.97. The second-order valence-corrected chi connectivity index (χ2v) is 6.69. The maximum atomic E-state index is 13.1. The van der Waals surface area contributed by atoms with Crippen LogP contribution in [0.5, 0.6) is 0 Å². The van der Waals surface area contributed by atoms with Crippen molar-refractivity contribution in [3.8, 4) is 0 Å². The molecule has 0 aliphatic heterocycles. The zero-order valence-electron chi connectivity index (χ0n) is 15.2. The van der Waals surface area contributed by atoms with E-state index in [1.807, 2.05) is 50.4 Å². The molecule has 1 amide bonds. The molecule has 1 aromatic carbocycles. The van der Waals surface area contributed by atoms with Gasteiger partial charge in [0, 0.05) is 19.0 Å². The molecule has 2 heterocycles. The minimum Gasteiger partial charge on any atom is -0.465 e. The number of carbonyl (C=O) groups excluding carboxylic acids is 1. The molecule has 0 radical (unpaired) electrons. The van der Waals surface area contributed by atoms with Crippen LogP contribution in [0.2, 0.25) is 0 Å². The smallest absolute Gasteiger partial charge is 0.254 e. The first kappa shape index (κ1) is 16.6. The van der Waals surface area contributed by atoms with Crippen LogP contribution in [0, 0.1) is 0 Å². The third kappa shape index (κ3) is 2.81. The second kappa shape index (κ2) is 6.79. The number of rotatable bonds is 3. The van der Waals surface area contributed by atoms with Crippen molar-refractivity contribution < 1.29 is 9.21 Å². The van der Waals surface area contributed by atoms with Gasteiger partial charge in [-0.15, -0.1) is 0 Å². The summed E-state index contributed by atoms with van der Waals surface area (Å²) < 4.78 is 5.49. The van der Waals surface area contributed by atoms with E-state index in [0.29, 0.717) is 6.54 Å². The summed E-state index contributed by atoms with van der Waals surface area (Å²) in [6.07, 6.45) is 6.56. The van der Waals surface area contributed by atoms with Crippen LogP contribution in [0.1, 0.15) is 47.1 Å². The van der Waals surface area contributed by atoms with Gasteiger partial charge in [0.15, 0.2) is 0 Å². The highest BCUT2D eigenvalue weighted by atomic mass is 16.3. The second-order valence-electron chi connectivity index (χ2n) is 6.69. The van der Waals surface area contributed by atoms with Crippen LogP contribution in [0.15, 0.2) is 47.1 Å². The predicted octanol–water partition coefficient (Wildman–Crippen LogP) is 4.80. The Hall–Kier alpha value is -2.88. The molecule has 0 fully saturated rings. The maximum absolute atomic E-state index is 13.1. The molecule has 1 aliphatic carbocycles. The Bertz CT molecular complexity index is 987. The van der Waals surface area contributed by atoms with E-state index in [0.717, 1.165) is 58.3 Å². The number of pyridine rings is 1. The number of amides is 1. The summed E-state index contributed by atoms with van der Waals surface area (Å²) in [5, 5.41) is 0.941. The van der Waals surface area contributed by atoms with E-state index in [2.05, 4.69) is 6.08 Å². The van der Waals surface area contributed by atoms with Crippen molar-refractivity contribution >= 4 is 28.5 Å². The number of nitrogens with zero attached hydrogens (tertiary/aromatic N) is 2. The Morgan fingerprint density at radius 1 is 1.23 bits per heavy atom. The van der Waals surface area contributed by atoms with E-state index in [9.17, 15) is 4.79 Å². The number of hydrogen-bond acceptors (Lipinski definition) is 3. The number of furan rings is 1. The normalized spacial score (nSPS) is 15.2. The lowest BCUT2D eigenvalue weighted by Gasteiger charge is -2.24. The van der Waals surface area contributed by atoms with Crippen molar-refractivity contribution in [3.63, 3.8) is 0 Å². The largest absolute Gasteiger partial charge is 0.465 e. The summed E-state index contributed by atoms with van der Waals surface area (Å²) in [7, 11) is 1.85. The third-order valence-corrected chi connectivity index (χ3v) is 5.06. The first-order valence-electron chi connectivity index (χ1n) is 9.10. The van der Waals surface area contributed by atoms with Gasteiger partial charge < -0.3 is 9.32 Å². The molecule has 4 rings (SSSR count). The fraction of sp³-hybridized carbons (Fsp3) is 0.273. The van der Waals surface area contributed by atoms with Gasteiger partial charge in [0.2, 0.25) is 0 Å². The minimum atomic E-state index is 0.0709. The van der Waals surface area contributed by atoms with Crippen LogP contribution in [0.3, 0.4) is 0 Å². The number of fused-ring (bicyclic) bond motifs is 2. The van der Waals surface area contributed by atoms with E-state index >= 15 is 0 Å². The van der Waals surface area contributed by atoms with Gasteiger partial charge in [0.25, 0.3) is 5.91 Å². The highest BCUT2D eigenvalue weighted by molar-refractivity contribution is 6.09. The molecule has 0 atom stereocenters. The Morgan fingerprint density at radius 2 is 2.08 bits per heavy atom. The summed E-state index contributed by atoms with van der Waals surface area (Å²) in [5.41, 5.74) is 4.82. The monoisotopic (exact) mass is 346 g/mol. The zero-order chi connectivity index (χ0) is 18.1. The number of hydrogen-bond donors (Lipinski definition) is 0. The predicted molar refractivity (Wildman–Crippen MR) is 104 cm³/mol. The van der Waals surface area contributed by atoms with E-state index < -0.39 is 0 Å². The van der Waals surface area contributed by atoms with Crippen molar-refractivity contribution in [3.05, 3.63) is 65.2 Å². The summed E-state index contributed by atoms with van der Waals surface area (Å²) in [5.74, 6) is 0.892. The molecule has 0 saturated carbocycles. The lowest BCUT2D eigenvalue weighted by atomic mass is 9.86. The lowest BCUT2D eigenvalue weighted by Crippen LogP contribution is -2.28. The highest BCUT2D eigenvalue weighted by Crippen LogP contribution is 2.36. The average molecular weight is 346 g/mol. The minimum absolute atomic E-state index is 0.0709. The summed E-state index contributed by atoms with van der Waals surface area (Å²) in [6.45, 7) is 2.68. The summed E-state index contributed by atoms with van der Waals surface area (Å²) >= 11 is 0. The molecule has 0 spiro atoms. The van der Waals surface area contributed by atoms with Crippen molar-refractivity contribution in [1.29, 1.82) is 0 Å². The topological polar surface area (TPSA) is 46.3 Å². The number of carbonyl (C=O) groups is 1. The van der Waals surface area contributed by atoms with Crippen molar-refractivity contribution in [2.75, 3.05) is 13.6 Å². The average Bonchev–Trinajstić information content (AvgIpc) is 3.18. The van der Waals surface area contributed by atoms with Crippen LogP contribution in [0.25, 0.3) is 22.6 Å². The van der Waals surface area contributed by atoms with Crippen molar-refractivity contribution in [2.24, 2.45) is 0 Å². The summed E-state index contributed by atoms with van der Waals surface area (Å²) in [4.78, 5) is 19.8. The molecular formula is C22H22N2O2. The van der Waals surface area contributed by atoms with Crippen LogP contribution < -0.4 is 0 Å². The van der Waals surface area contributed by atoms with E-state index in [4.69, 9.17) is 9.40 Å². The van der Waals surface area contributed by atoms with Gasteiger partial charge >= 0.3 is 0 Å². The van der Waals surface area contributed by atoms with Crippen molar-refractivity contribution in [1.82, 2.24) is 9.88 Å². The van der Waals surface area contributed by atoms with Crippen LogP contribution in [0.4, 0.5) is 0 Å². The Kier molecular flexibility index (Phi) is 4.33. The number of benzene rings is 1. The quantitative estimate of drug-likeness (QED) is 0.684. The molecule has 132 valence electrons. The molecule has 2 aromatic heterocycles. The SMILES string of the molecule is CCN(C)C(=O)c1c2c(nc3ccccc13)/C(=C\c1ccco1)CCC2. The van der Waals surface area contributed by atoms with E-state index in [1.54, 1.807) is 11.2 Å². The molecule has 3 aromatic rings. The molecule has 26 heavy (non-hydrogen) atoms. The third-order valence-electron chi connectivity index (χ3n) is 5.06. The molecular weight excluding hydrogens is 324 g/mol. The van der Waals surface area contributed by atoms with Gasteiger partial charge in [0.05, 0.1) is 23.0 Å². The molecule has 0 N–H and O–H groups in total. The molecule has 4 heteroatoms. The van der Waals surface area contributed by atoms with Gasteiger partial charge in [0.1, 0.15) is 5.76 Å². The zero-order valence-corrected chi connectivity index (χ0v) is 15.2. The van der Waals surface area contributed by atoms with Crippen LogP contribution >= 0.6 is 0 Å². The number of allylic oxidation sites excluding steroid dienone is 1. The van der Waals surface area contributed by atoms with E-state index in [1.165, 1.54) is 0 Å². The Morgan fingerprint density at radius 3 is 2.85 bits per heavy atom. The van der Waals surface area contributed by atoms with Gasteiger partial charge in [-0.3, -0.25) is 4.79 Å². The standard InChI is InChI=1S/C22H22N2O2/c1-3-24(2)22(25)20-17-10-4-5-12-19(17)23-21-15(8-6-11-18(20)21)14-16-9-7-13-26-16/h4-5,7,9-10,12-14H,3,6,8,11H2,1-2H3/b15-14-. The number of para-hydroxylation sites is 1. The van der Waals surface area contributed by atoms with Gasteiger partial charge in [-0.2, -0.15) is 0 Å². The fourth-order valence-corrected chi connectivity index (χ4v) is 3.60. The van der Waals surface area contributed by atoms with Crippen LogP contribution in [-0.2, 0) is 6.42 Å². The maximum Gasteiger partial charge on any atom is 0.254 e. The van der Waals surface area contributed by atoms with Gasteiger partial charge in [-0.1, -0.05) is 18.2 Å². The van der Waals surface area contributed by atoms with Crippen LogP contribution in [-0.4, -0.2) is 29.4 Å². The first-order valence-corrected chi connectivity index (χ1v) is 9.10. The summed E-state index contributed by atoms with van der Waals surface area (Å²) in [6, 6.07) is 11.8. The highest BCUT2D eigenvalue weighted by Gasteiger charge is 2.26. The Labute approximate surface area is 153 Å². The molecule has 0 bridgehead atoms. The molecule has 1 aliphatic rings. The number of aromatic nitrogens is 1. The van der Waals surface area contributed by atoms with Gasteiger partial charge in [-0.05, 0) is 61.6 Å². The van der Waals surface area contributed by atoms with Crippen molar-refractivity contribution in [2.45, 2.75) is 26.2 Å². The molecule has 4 nitrogen and oxygen atoms in total. The molecule has 0 unspecified atom stereocenters. The fourth-order valence-electron chi connectivity index (χ4n) is 3.60.